The van der Waals surface area contributed by atoms with Crippen LogP contribution in [0, 0.1) is 12.7 Å². The molecule has 5 heteroatoms. The van der Waals surface area contributed by atoms with E-state index in [4.69, 9.17) is 22.1 Å². The summed E-state index contributed by atoms with van der Waals surface area (Å²) in [4.78, 5) is 0. The van der Waals surface area contributed by atoms with E-state index in [1.165, 1.54) is 19.2 Å². The molecule has 0 aliphatic heterocycles. The minimum atomic E-state index is -0.447. The first-order valence-electron chi connectivity index (χ1n) is 5.67. The van der Waals surface area contributed by atoms with E-state index in [9.17, 15) is 4.39 Å². The van der Waals surface area contributed by atoms with Crippen LogP contribution in [0.3, 0.4) is 0 Å². The molecule has 3 nitrogen and oxygen atoms in total. The van der Waals surface area contributed by atoms with Crippen molar-refractivity contribution in [3.8, 4) is 5.75 Å². The smallest absolute Gasteiger partial charge is 0.148 e. The molecule has 0 fully saturated rings. The number of benzene rings is 2. The van der Waals surface area contributed by atoms with Crippen molar-refractivity contribution in [1.29, 1.82) is 0 Å². The lowest BCUT2D eigenvalue weighted by Crippen LogP contribution is -2.00. The lowest BCUT2D eigenvalue weighted by molar-refractivity contribution is 0.416. The van der Waals surface area contributed by atoms with Gasteiger partial charge in [0.2, 0.25) is 0 Å². The van der Waals surface area contributed by atoms with Gasteiger partial charge in [0, 0.05) is 22.8 Å². The molecule has 3 N–H and O–H groups in total. The number of halogens is 2. The van der Waals surface area contributed by atoms with Crippen molar-refractivity contribution in [1.82, 2.24) is 0 Å². The highest BCUT2D eigenvalue weighted by Crippen LogP contribution is 2.31. The van der Waals surface area contributed by atoms with Crippen LogP contribution >= 0.6 is 11.6 Å². The van der Waals surface area contributed by atoms with Crippen LogP contribution in [0.1, 0.15) is 5.56 Å². The Kier molecular flexibility index (Phi) is 3.81. The fraction of sp³-hybridized carbons (Fsp3) is 0.143. The molecule has 0 aliphatic carbocycles. The molecule has 0 saturated carbocycles. The maximum atomic E-state index is 13.9. The fourth-order valence-electron chi connectivity index (χ4n) is 1.72. The van der Waals surface area contributed by atoms with Gasteiger partial charge in [-0.15, -0.1) is 0 Å². The number of nitrogen functional groups attached to an aromatic ring is 1. The molecule has 19 heavy (non-hydrogen) atoms. The Morgan fingerprint density at radius 2 is 1.95 bits per heavy atom. The summed E-state index contributed by atoms with van der Waals surface area (Å²) in [6.07, 6.45) is 0. The van der Waals surface area contributed by atoms with Crippen LogP contribution in [0.4, 0.5) is 21.5 Å². The van der Waals surface area contributed by atoms with Crippen LogP contribution < -0.4 is 15.8 Å². The second-order valence-corrected chi connectivity index (χ2v) is 4.59. The third kappa shape index (κ3) is 2.90. The number of hydrogen-bond donors (Lipinski definition) is 2. The highest BCUT2D eigenvalue weighted by atomic mass is 35.5. The maximum Gasteiger partial charge on any atom is 0.148 e. The predicted octanol–water partition coefficient (Wildman–Crippen LogP) is 4.12. The van der Waals surface area contributed by atoms with Gasteiger partial charge in [-0.05, 0) is 24.6 Å². The minimum Gasteiger partial charge on any atom is -0.495 e. The SMILES string of the molecule is COc1cc(Nc2cc(Cl)ccc2C)c(F)cc1N. The number of nitrogens with two attached hydrogens (primary N) is 1. The molecule has 2 aromatic carbocycles. The summed E-state index contributed by atoms with van der Waals surface area (Å²) in [6.45, 7) is 1.91. The van der Waals surface area contributed by atoms with Gasteiger partial charge in [0.1, 0.15) is 11.6 Å². The van der Waals surface area contributed by atoms with Crippen LogP contribution in [0.25, 0.3) is 0 Å². The minimum absolute atomic E-state index is 0.258. The number of nitrogens with one attached hydrogen (secondary N) is 1. The third-order valence-electron chi connectivity index (χ3n) is 2.79. The van der Waals surface area contributed by atoms with Crippen molar-refractivity contribution < 1.29 is 9.13 Å². The molecule has 0 amide bonds. The van der Waals surface area contributed by atoms with E-state index in [2.05, 4.69) is 5.32 Å². The summed E-state index contributed by atoms with van der Waals surface area (Å²) in [6, 6.07) is 8.12. The van der Waals surface area contributed by atoms with E-state index < -0.39 is 5.82 Å². The average molecular weight is 281 g/mol. The van der Waals surface area contributed by atoms with Crippen molar-refractivity contribution in [3.63, 3.8) is 0 Å². The molecular weight excluding hydrogens is 267 g/mol. The molecule has 0 unspecified atom stereocenters. The van der Waals surface area contributed by atoms with E-state index >= 15 is 0 Å². The molecule has 0 atom stereocenters. The predicted molar refractivity (Wildman–Crippen MR) is 76.8 cm³/mol. The molecule has 0 bridgehead atoms. The van der Waals surface area contributed by atoms with Crippen LogP contribution in [0.15, 0.2) is 30.3 Å². The topological polar surface area (TPSA) is 47.3 Å². The van der Waals surface area contributed by atoms with Crippen molar-refractivity contribution in [2.75, 3.05) is 18.2 Å². The van der Waals surface area contributed by atoms with Crippen molar-refractivity contribution in [3.05, 3.63) is 46.7 Å². The third-order valence-corrected chi connectivity index (χ3v) is 3.02. The Balaban J connectivity index is 2.40. The number of ether oxygens (including phenoxy) is 1. The van der Waals surface area contributed by atoms with E-state index in [-0.39, 0.29) is 11.4 Å². The monoisotopic (exact) mass is 280 g/mol. The van der Waals surface area contributed by atoms with Gasteiger partial charge in [-0.1, -0.05) is 17.7 Å². The van der Waals surface area contributed by atoms with Crippen molar-refractivity contribution in [2.45, 2.75) is 6.92 Å². The highest BCUT2D eigenvalue weighted by molar-refractivity contribution is 6.30. The molecule has 0 spiro atoms. The van der Waals surface area contributed by atoms with E-state index in [0.717, 1.165) is 11.3 Å². The molecule has 0 radical (unpaired) electrons. The zero-order valence-corrected chi connectivity index (χ0v) is 11.4. The lowest BCUT2D eigenvalue weighted by Gasteiger charge is -2.13. The largest absolute Gasteiger partial charge is 0.495 e. The van der Waals surface area contributed by atoms with E-state index in [1.54, 1.807) is 12.1 Å². The van der Waals surface area contributed by atoms with Gasteiger partial charge in [-0.25, -0.2) is 4.39 Å². The number of hydrogen-bond acceptors (Lipinski definition) is 3. The zero-order valence-electron chi connectivity index (χ0n) is 10.6. The summed E-state index contributed by atoms with van der Waals surface area (Å²) in [5.41, 5.74) is 7.87. The van der Waals surface area contributed by atoms with Crippen molar-refractivity contribution >= 4 is 28.7 Å². The molecule has 0 aliphatic rings. The first-order chi connectivity index (χ1) is 9.01. The summed E-state index contributed by atoms with van der Waals surface area (Å²) in [5, 5.41) is 3.57. The fourth-order valence-corrected chi connectivity index (χ4v) is 1.89. The Morgan fingerprint density at radius 3 is 2.63 bits per heavy atom. The average Bonchev–Trinajstić information content (AvgIpc) is 2.37. The number of methoxy groups -OCH3 is 1. The molecule has 0 saturated heterocycles. The summed E-state index contributed by atoms with van der Waals surface area (Å²) in [5.74, 6) is -0.0266. The Morgan fingerprint density at radius 1 is 1.21 bits per heavy atom. The van der Waals surface area contributed by atoms with Crippen molar-refractivity contribution in [2.24, 2.45) is 0 Å². The second kappa shape index (κ2) is 5.36. The van der Waals surface area contributed by atoms with E-state index in [0.29, 0.717) is 10.8 Å². The van der Waals surface area contributed by atoms with E-state index in [1.807, 2.05) is 13.0 Å². The molecule has 0 heterocycles. The molecule has 100 valence electrons. The van der Waals surface area contributed by atoms with Gasteiger partial charge in [-0.2, -0.15) is 0 Å². The Hall–Kier alpha value is -1.94. The highest BCUT2D eigenvalue weighted by Gasteiger charge is 2.10. The number of rotatable bonds is 3. The summed E-state index contributed by atoms with van der Waals surface area (Å²) >= 11 is 5.93. The lowest BCUT2D eigenvalue weighted by atomic mass is 10.2. The van der Waals surface area contributed by atoms with Gasteiger partial charge in [-0.3, -0.25) is 0 Å². The van der Waals surface area contributed by atoms with Gasteiger partial charge >= 0.3 is 0 Å². The summed E-state index contributed by atoms with van der Waals surface area (Å²) < 4.78 is 18.9. The first-order valence-corrected chi connectivity index (χ1v) is 6.05. The van der Waals surface area contributed by atoms with Gasteiger partial charge in [0.25, 0.3) is 0 Å². The number of aryl methyl sites for hydroxylation is 1. The molecular formula is C14H14ClFN2O. The summed E-state index contributed by atoms with van der Waals surface area (Å²) in [7, 11) is 1.48. The number of anilines is 3. The Labute approximate surface area is 116 Å². The second-order valence-electron chi connectivity index (χ2n) is 4.16. The van der Waals surface area contributed by atoms with Crippen LogP contribution in [0.2, 0.25) is 5.02 Å². The first kappa shape index (κ1) is 13.5. The quantitative estimate of drug-likeness (QED) is 0.831. The maximum absolute atomic E-state index is 13.9. The van der Waals surface area contributed by atoms with Crippen LogP contribution in [-0.2, 0) is 0 Å². The molecule has 2 rings (SSSR count). The Bertz CT molecular complexity index is 617. The van der Waals surface area contributed by atoms with Crippen LogP contribution in [-0.4, -0.2) is 7.11 Å². The van der Waals surface area contributed by atoms with Gasteiger partial charge in [0.05, 0.1) is 18.5 Å². The van der Waals surface area contributed by atoms with Crippen LogP contribution in [0.5, 0.6) is 5.75 Å². The molecule has 2 aromatic rings. The molecule has 0 aromatic heterocycles. The van der Waals surface area contributed by atoms with Gasteiger partial charge in [0.15, 0.2) is 0 Å². The zero-order chi connectivity index (χ0) is 14.0. The normalized spacial score (nSPS) is 10.3. The standard InChI is InChI=1S/C14H14ClFN2O/c1-8-3-4-9(15)5-12(8)18-13-7-14(19-2)11(17)6-10(13)16/h3-7,18H,17H2,1-2H3. The van der Waals surface area contributed by atoms with Gasteiger partial charge < -0.3 is 15.8 Å².